The van der Waals surface area contributed by atoms with Crippen LogP contribution in [0.15, 0.2) is 0 Å². The van der Waals surface area contributed by atoms with Gasteiger partial charge < -0.3 is 10.4 Å². The Bertz CT molecular complexity index is 136. The Morgan fingerprint density at radius 2 is 1.62 bits per heavy atom. The molecule has 2 unspecified atom stereocenters. The number of hydrogen-bond donors (Lipinski definition) is 2. The third-order valence-corrected chi connectivity index (χ3v) is 3.64. The molecule has 1 rings (SSSR count). The number of aliphatic hydroxyl groups is 1. The minimum absolute atomic E-state index is 0.344. The van der Waals surface area contributed by atoms with Crippen LogP contribution >= 0.6 is 0 Å². The second-order valence-electron chi connectivity index (χ2n) is 5.13. The lowest BCUT2D eigenvalue weighted by atomic mass is 9.90. The molecular weight excluding hydrogens is 198 g/mol. The van der Waals surface area contributed by atoms with Crippen LogP contribution < -0.4 is 5.32 Å². The third-order valence-electron chi connectivity index (χ3n) is 3.64. The molecule has 2 N–H and O–H groups in total. The van der Waals surface area contributed by atoms with E-state index < -0.39 is 0 Å². The molecule has 0 saturated heterocycles. The Morgan fingerprint density at radius 3 is 1.88 bits per heavy atom. The Balaban J connectivity index is 0.000000385. The summed E-state index contributed by atoms with van der Waals surface area (Å²) in [5.74, 6) is 1.75. The summed E-state index contributed by atoms with van der Waals surface area (Å²) in [4.78, 5) is 0. The van der Waals surface area contributed by atoms with E-state index >= 15 is 0 Å². The van der Waals surface area contributed by atoms with Crippen molar-refractivity contribution in [2.75, 3.05) is 13.7 Å². The molecule has 0 amide bonds. The van der Waals surface area contributed by atoms with Crippen molar-refractivity contribution in [2.24, 2.45) is 11.8 Å². The van der Waals surface area contributed by atoms with Crippen molar-refractivity contribution in [3.05, 3.63) is 0 Å². The average molecular weight is 229 g/mol. The molecule has 2 heteroatoms. The lowest BCUT2D eigenvalue weighted by Gasteiger charge is -2.26. The van der Waals surface area contributed by atoms with E-state index in [9.17, 15) is 0 Å². The van der Waals surface area contributed by atoms with Crippen LogP contribution in [-0.4, -0.2) is 24.8 Å². The highest BCUT2D eigenvalue weighted by Crippen LogP contribution is 2.27. The van der Waals surface area contributed by atoms with Gasteiger partial charge in [-0.3, -0.25) is 0 Å². The quantitative estimate of drug-likeness (QED) is 0.728. The number of unbranched alkanes of at least 4 members (excludes halogenated alkanes) is 1. The molecular formula is C14H31NO. The van der Waals surface area contributed by atoms with Crippen LogP contribution in [0.2, 0.25) is 0 Å². The predicted octanol–water partition coefficient (Wildman–Crippen LogP) is 3.20. The summed E-state index contributed by atoms with van der Waals surface area (Å²) in [6.45, 7) is 7.15. The molecule has 1 aliphatic rings. The minimum Gasteiger partial charge on any atom is -0.396 e. The Morgan fingerprint density at radius 1 is 1.12 bits per heavy atom. The molecule has 1 fully saturated rings. The van der Waals surface area contributed by atoms with Crippen LogP contribution in [0.1, 0.15) is 59.3 Å². The molecule has 2 atom stereocenters. The highest BCUT2D eigenvalue weighted by molar-refractivity contribution is 4.80. The minimum atomic E-state index is 0.344. The van der Waals surface area contributed by atoms with E-state index in [0.29, 0.717) is 6.61 Å². The fourth-order valence-corrected chi connectivity index (χ4v) is 2.58. The average Bonchev–Trinajstić information content (AvgIpc) is 2.42. The topological polar surface area (TPSA) is 32.3 Å². The van der Waals surface area contributed by atoms with Gasteiger partial charge in [-0.15, -0.1) is 0 Å². The second kappa shape index (κ2) is 10.1. The molecule has 16 heavy (non-hydrogen) atoms. The predicted molar refractivity (Wildman–Crippen MR) is 71.6 cm³/mol. The molecule has 0 aromatic carbocycles. The van der Waals surface area contributed by atoms with Gasteiger partial charge >= 0.3 is 0 Å². The highest BCUT2D eigenvalue weighted by Gasteiger charge is 2.23. The van der Waals surface area contributed by atoms with Crippen molar-refractivity contribution in [1.82, 2.24) is 5.32 Å². The molecule has 0 aliphatic heterocycles. The molecule has 1 saturated carbocycles. The molecule has 0 radical (unpaired) electrons. The van der Waals surface area contributed by atoms with Crippen LogP contribution in [0.3, 0.4) is 0 Å². The van der Waals surface area contributed by atoms with E-state index in [0.717, 1.165) is 30.7 Å². The summed E-state index contributed by atoms with van der Waals surface area (Å²) in [5, 5.41) is 11.5. The third kappa shape index (κ3) is 6.49. The number of nitrogens with one attached hydrogen (secondary N) is 1. The molecule has 2 nitrogen and oxygen atoms in total. The van der Waals surface area contributed by atoms with Gasteiger partial charge in [-0.05, 0) is 38.1 Å². The zero-order valence-corrected chi connectivity index (χ0v) is 11.6. The maximum Gasteiger partial charge on any atom is 0.0430 e. The first-order valence-corrected chi connectivity index (χ1v) is 6.95. The molecule has 98 valence electrons. The van der Waals surface area contributed by atoms with E-state index in [-0.39, 0.29) is 0 Å². The van der Waals surface area contributed by atoms with E-state index in [4.69, 9.17) is 5.11 Å². The summed E-state index contributed by atoms with van der Waals surface area (Å²) in [6.07, 6.45) is 7.73. The van der Waals surface area contributed by atoms with E-state index in [2.05, 4.69) is 33.1 Å². The first kappa shape index (κ1) is 15.9. The molecule has 0 spiro atoms. The number of aliphatic hydroxyl groups excluding tert-OH is 1. The lowest BCUT2D eigenvalue weighted by molar-refractivity contribution is 0.287. The largest absolute Gasteiger partial charge is 0.396 e. The Hall–Kier alpha value is -0.0800. The molecule has 1 aliphatic carbocycles. The maximum absolute atomic E-state index is 8.07. The Labute approximate surface area is 102 Å². The fourth-order valence-electron chi connectivity index (χ4n) is 2.58. The highest BCUT2D eigenvalue weighted by atomic mass is 16.2. The maximum atomic E-state index is 8.07. The van der Waals surface area contributed by atoms with Crippen molar-refractivity contribution in [2.45, 2.75) is 65.3 Å². The first-order chi connectivity index (χ1) is 7.67. The smallest absolute Gasteiger partial charge is 0.0430 e. The van der Waals surface area contributed by atoms with Crippen molar-refractivity contribution in [3.63, 3.8) is 0 Å². The van der Waals surface area contributed by atoms with Gasteiger partial charge in [0.1, 0.15) is 0 Å². The van der Waals surface area contributed by atoms with Crippen LogP contribution in [0.4, 0.5) is 0 Å². The molecule has 0 heterocycles. The van der Waals surface area contributed by atoms with Gasteiger partial charge in [0.2, 0.25) is 0 Å². The normalized spacial score (nSPS) is 30.2. The standard InChI is InChI=1S/C10H21N.C4H10O/c1-8-6-4-5-7-9(2)10(8)11-3;1-2-3-4-5/h8-11H,4-7H2,1-3H3;5H,2-4H2,1H3. The summed E-state index contributed by atoms with van der Waals surface area (Å²) in [7, 11) is 2.10. The van der Waals surface area contributed by atoms with Gasteiger partial charge in [-0.25, -0.2) is 0 Å². The van der Waals surface area contributed by atoms with Gasteiger partial charge in [0.15, 0.2) is 0 Å². The molecule has 0 aromatic rings. The van der Waals surface area contributed by atoms with E-state index in [1.54, 1.807) is 0 Å². The SMILES string of the molecule is CCCCO.CNC1C(C)CCCCC1C. The van der Waals surface area contributed by atoms with Crippen LogP contribution in [0, 0.1) is 11.8 Å². The zero-order valence-electron chi connectivity index (χ0n) is 11.6. The lowest BCUT2D eigenvalue weighted by Crippen LogP contribution is -2.36. The monoisotopic (exact) mass is 229 g/mol. The first-order valence-electron chi connectivity index (χ1n) is 6.95. The molecule has 0 bridgehead atoms. The van der Waals surface area contributed by atoms with Crippen molar-refractivity contribution >= 4 is 0 Å². The Kier molecular flexibility index (Phi) is 10.0. The summed E-state index contributed by atoms with van der Waals surface area (Å²) in [5.41, 5.74) is 0. The van der Waals surface area contributed by atoms with Crippen molar-refractivity contribution < 1.29 is 5.11 Å². The zero-order chi connectivity index (χ0) is 12.4. The van der Waals surface area contributed by atoms with E-state index in [1.807, 2.05) is 0 Å². The van der Waals surface area contributed by atoms with Crippen LogP contribution in [-0.2, 0) is 0 Å². The van der Waals surface area contributed by atoms with Crippen LogP contribution in [0.5, 0.6) is 0 Å². The van der Waals surface area contributed by atoms with Crippen LogP contribution in [0.25, 0.3) is 0 Å². The van der Waals surface area contributed by atoms with Gasteiger partial charge in [-0.2, -0.15) is 0 Å². The molecule has 0 aromatic heterocycles. The van der Waals surface area contributed by atoms with Crippen molar-refractivity contribution in [3.8, 4) is 0 Å². The van der Waals surface area contributed by atoms with Crippen molar-refractivity contribution in [1.29, 1.82) is 0 Å². The fraction of sp³-hybridized carbons (Fsp3) is 1.00. The second-order valence-corrected chi connectivity index (χ2v) is 5.13. The van der Waals surface area contributed by atoms with Gasteiger partial charge in [0.25, 0.3) is 0 Å². The summed E-state index contributed by atoms with van der Waals surface area (Å²) in [6, 6.07) is 0.762. The van der Waals surface area contributed by atoms with Gasteiger partial charge in [0.05, 0.1) is 0 Å². The van der Waals surface area contributed by atoms with Gasteiger partial charge in [-0.1, -0.05) is 40.0 Å². The van der Waals surface area contributed by atoms with E-state index in [1.165, 1.54) is 25.7 Å². The number of hydrogen-bond acceptors (Lipinski definition) is 2. The summed E-state index contributed by atoms with van der Waals surface area (Å²) < 4.78 is 0. The summed E-state index contributed by atoms with van der Waals surface area (Å²) >= 11 is 0. The van der Waals surface area contributed by atoms with Gasteiger partial charge in [0, 0.05) is 12.6 Å². The number of rotatable bonds is 3.